The van der Waals surface area contributed by atoms with E-state index in [4.69, 9.17) is 23.7 Å². The zero-order chi connectivity index (χ0) is 38.3. The molecule has 8 nitrogen and oxygen atoms in total. The van der Waals surface area contributed by atoms with Crippen molar-refractivity contribution in [3.05, 3.63) is 0 Å². The number of hydrogen-bond donors (Lipinski definition) is 0. The lowest BCUT2D eigenvalue weighted by Crippen LogP contribution is -2.61. The van der Waals surface area contributed by atoms with Gasteiger partial charge in [-0.05, 0) is 107 Å². The van der Waals surface area contributed by atoms with E-state index in [1.807, 2.05) is 6.92 Å². The molecule has 0 heterocycles. The van der Waals surface area contributed by atoms with Gasteiger partial charge in [0.25, 0.3) is 0 Å². The maximum atomic E-state index is 13.4. The molecule has 7 rings (SSSR count). The average Bonchev–Trinajstić information content (AvgIpc) is 3.16. The van der Waals surface area contributed by atoms with Gasteiger partial charge < -0.3 is 23.7 Å². The summed E-state index contributed by atoms with van der Waals surface area (Å²) in [6.45, 7) is 8.83. The van der Waals surface area contributed by atoms with E-state index in [1.165, 1.54) is 70.6 Å². The normalized spacial score (nSPS) is 30.9. The van der Waals surface area contributed by atoms with Gasteiger partial charge in [-0.25, -0.2) is 0 Å². The number of carbonyl (C=O) groups excluding carboxylic acids is 3. The summed E-state index contributed by atoms with van der Waals surface area (Å²) in [7, 11) is 0. The molecule has 6 bridgehead atoms. The second-order valence-corrected chi connectivity index (χ2v) is 19.2. The number of esters is 3. The van der Waals surface area contributed by atoms with Crippen molar-refractivity contribution in [2.24, 2.45) is 33.5 Å². The third kappa shape index (κ3) is 12.9. The second-order valence-electron chi connectivity index (χ2n) is 19.2. The summed E-state index contributed by atoms with van der Waals surface area (Å²) in [6, 6.07) is 0. The third-order valence-electron chi connectivity index (χ3n) is 14.3. The van der Waals surface area contributed by atoms with Crippen molar-refractivity contribution < 1.29 is 38.1 Å². The highest BCUT2D eigenvalue weighted by Crippen LogP contribution is 2.70. The summed E-state index contributed by atoms with van der Waals surface area (Å²) in [6.07, 6.45) is 28.8. The van der Waals surface area contributed by atoms with E-state index in [9.17, 15) is 14.4 Å². The third-order valence-corrected chi connectivity index (χ3v) is 14.3. The monoisotopic (exact) mass is 759 g/mol. The molecule has 0 aliphatic heterocycles. The van der Waals surface area contributed by atoms with Gasteiger partial charge in [-0.1, -0.05) is 85.0 Å². The van der Waals surface area contributed by atoms with Gasteiger partial charge in [0.2, 0.25) is 0 Å². The number of ether oxygens (including phenoxy) is 5. The number of hydrogen-bond acceptors (Lipinski definition) is 8. The second kappa shape index (κ2) is 21.2. The van der Waals surface area contributed by atoms with Crippen molar-refractivity contribution in [2.45, 2.75) is 207 Å². The molecular formula is C46H78O8. The van der Waals surface area contributed by atoms with E-state index in [2.05, 4.69) is 13.8 Å². The number of carbonyl (C=O) groups is 3. The average molecular weight is 759 g/mol. The van der Waals surface area contributed by atoms with Crippen LogP contribution in [0.15, 0.2) is 0 Å². The Hall–Kier alpha value is -1.67. The first-order chi connectivity index (χ1) is 26.1. The molecule has 8 heteroatoms. The van der Waals surface area contributed by atoms with Crippen molar-refractivity contribution in [3.8, 4) is 0 Å². The Labute approximate surface area is 328 Å². The van der Waals surface area contributed by atoms with Gasteiger partial charge >= 0.3 is 17.9 Å². The predicted molar refractivity (Wildman–Crippen MR) is 212 cm³/mol. The smallest absolute Gasteiger partial charge is 0.306 e. The maximum Gasteiger partial charge on any atom is 0.306 e. The van der Waals surface area contributed by atoms with E-state index < -0.39 is 0 Å². The largest absolute Gasteiger partial charge is 0.465 e. The Morgan fingerprint density at radius 3 is 1.46 bits per heavy atom. The Balaban J connectivity index is 1.14. The Kier molecular flexibility index (Phi) is 17.1. The maximum absolute atomic E-state index is 13.4. The first-order valence-corrected chi connectivity index (χ1v) is 22.8. The van der Waals surface area contributed by atoms with Crippen LogP contribution in [0, 0.1) is 33.5 Å². The molecule has 7 aliphatic rings. The molecule has 0 aromatic heterocycles. The lowest BCUT2D eigenvalue weighted by molar-refractivity contribution is -0.213. The fourth-order valence-corrected chi connectivity index (χ4v) is 12.0. The quantitative estimate of drug-likeness (QED) is 0.0337. The summed E-state index contributed by atoms with van der Waals surface area (Å²) < 4.78 is 30.7. The zero-order valence-electron chi connectivity index (χ0n) is 34.8. The molecule has 54 heavy (non-hydrogen) atoms. The molecule has 0 radical (unpaired) electrons. The van der Waals surface area contributed by atoms with Gasteiger partial charge in [0.05, 0.1) is 32.7 Å². The standard InChI is InChI=1S/C46H78O8/c1-4-7-9-11-13-15-25-50-42(51-26-16-14-12-10-8-5-2)18-17-40(48)53-35-45-28-38-27-44(31-45,34-52-39(47)6-3)32-46(29-38,33-45)36-54-41(49)30-43-22-19-37(20-23-43)21-24-43/h37-38,42H,4-36H2,1-3H3. The highest BCUT2D eigenvalue weighted by Gasteiger charge is 2.64. The van der Waals surface area contributed by atoms with E-state index in [1.54, 1.807) is 0 Å². The van der Waals surface area contributed by atoms with Crippen molar-refractivity contribution in [2.75, 3.05) is 33.0 Å². The molecule has 310 valence electrons. The van der Waals surface area contributed by atoms with Crippen LogP contribution in [0.4, 0.5) is 0 Å². The van der Waals surface area contributed by atoms with E-state index in [0.717, 1.165) is 89.4 Å². The van der Waals surface area contributed by atoms with Crippen LogP contribution in [0.1, 0.15) is 201 Å². The fourth-order valence-electron chi connectivity index (χ4n) is 12.0. The van der Waals surface area contributed by atoms with E-state index in [-0.39, 0.29) is 52.3 Å². The Morgan fingerprint density at radius 2 is 0.981 bits per heavy atom. The van der Waals surface area contributed by atoms with Crippen LogP contribution in [0.5, 0.6) is 0 Å². The first-order valence-electron chi connectivity index (χ1n) is 22.8. The number of unbranched alkanes of at least 4 members (excludes halogenated alkanes) is 10. The minimum Gasteiger partial charge on any atom is -0.465 e. The molecular weight excluding hydrogens is 680 g/mol. The summed E-state index contributed by atoms with van der Waals surface area (Å²) in [5.74, 6) is 0.910. The predicted octanol–water partition coefficient (Wildman–Crippen LogP) is 11.2. The van der Waals surface area contributed by atoms with Gasteiger partial charge in [-0.15, -0.1) is 0 Å². The number of fused-ring (bicyclic) bond motifs is 3. The lowest BCUT2D eigenvalue weighted by atomic mass is 9.40. The topological polar surface area (TPSA) is 97.4 Å². The van der Waals surface area contributed by atoms with Crippen LogP contribution >= 0.6 is 0 Å². The van der Waals surface area contributed by atoms with Crippen molar-refractivity contribution >= 4 is 17.9 Å². The first kappa shape index (κ1) is 43.5. The Morgan fingerprint density at radius 1 is 0.537 bits per heavy atom. The minimum atomic E-state index is -0.388. The highest BCUT2D eigenvalue weighted by molar-refractivity contribution is 5.70. The molecule has 0 aromatic carbocycles. The van der Waals surface area contributed by atoms with Crippen LogP contribution in [0.3, 0.4) is 0 Å². The highest BCUT2D eigenvalue weighted by atomic mass is 16.7. The molecule has 0 aromatic rings. The summed E-state index contributed by atoms with van der Waals surface area (Å²) in [4.78, 5) is 39.2. The van der Waals surface area contributed by atoms with E-state index in [0.29, 0.717) is 58.2 Å². The number of rotatable bonds is 28. The molecule has 7 fully saturated rings. The van der Waals surface area contributed by atoms with Gasteiger partial charge in [0, 0.05) is 42.3 Å². The zero-order valence-corrected chi connectivity index (χ0v) is 34.8. The van der Waals surface area contributed by atoms with Gasteiger partial charge in [0.1, 0.15) is 0 Å². The fraction of sp³-hybridized carbons (Fsp3) is 0.935. The van der Waals surface area contributed by atoms with Crippen molar-refractivity contribution in [3.63, 3.8) is 0 Å². The van der Waals surface area contributed by atoms with Gasteiger partial charge in [0.15, 0.2) is 6.29 Å². The Bertz CT molecular complexity index is 1130. The van der Waals surface area contributed by atoms with Gasteiger partial charge in [-0.2, -0.15) is 0 Å². The lowest BCUT2D eigenvalue weighted by Gasteiger charge is -2.66. The molecule has 0 amide bonds. The molecule has 7 saturated carbocycles. The van der Waals surface area contributed by atoms with Crippen molar-refractivity contribution in [1.29, 1.82) is 0 Å². The summed E-state index contributed by atoms with van der Waals surface area (Å²) in [5, 5.41) is 0. The van der Waals surface area contributed by atoms with Crippen LogP contribution in [-0.2, 0) is 38.1 Å². The minimum absolute atomic E-state index is 0.0370. The summed E-state index contributed by atoms with van der Waals surface area (Å²) in [5.41, 5.74) is -0.371. The molecule has 0 saturated heterocycles. The van der Waals surface area contributed by atoms with Crippen LogP contribution in [0.25, 0.3) is 0 Å². The molecule has 0 N–H and O–H groups in total. The van der Waals surface area contributed by atoms with Crippen molar-refractivity contribution in [1.82, 2.24) is 0 Å². The van der Waals surface area contributed by atoms with Crippen LogP contribution in [-0.4, -0.2) is 57.2 Å². The van der Waals surface area contributed by atoms with Crippen LogP contribution < -0.4 is 0 Å². The summed E-state index contributed by atoms with van der Waals surface area (Å²) >= 11 is 0. The molecule has 7 aliphatic carbocycles. The van der Waals surface area contributed by atoms with E-state index >= 15 is 0 Å². The molecule has 4 unspecified atom stereocenters. The SMILES string of the molecule is CCCCCCCCOC(CCC(=O)OCC12CC3CC(COC(=O)CC)(C1)CC(COC(=O)CC14CCC(CC1)CC4)(C3)C2)OCCCCCCCC. The molecule has 0 spiro atoms. The van der Waals surface area contributed by atoms with Gasteiger partial charge in [-0.3, -0.25) is 14.4 Å². The van der Waals surface area contributed by atoms with Crippen LogP contribution in [0.2, 0.25) is 0 Å². The molecule has 4 atom stereocenters.